The average Bonchev–Trinajstić information content (AvgIpc) is 2.66. The Hall–Kier alpha value is -0.271. The van der Waals surface area contributed by atoms with Crippen LogP contribution in [0, 0.1) is 16.7 Å². The second kappa shape index (κ2) is 2.94. The summed E-state index contributed by atoms with van der Waals surface area (Å²) < 4.78 is 5.71. The Balaban J connectivity index is 2.11. The van der Waals surface area contributed by atoms with Crippen LogP contribution in [0.15, 0.2) is 11.1 Å². The van der Waals surface area contributed by atoms with Crippen molar-refractivity contribution in [3.63, 3.8) is 0 Å². The molecule has 0 aromatic rings. The molecule has 3 rings (SSSR count). The SMILES string of the molecule is CC12CCC(C1)C(C)(C)C21OC(=O)C=C[Se]1. The molecule has 1 heterocycles. The van der Waals surface area contributed by atoms with Gasteiger partial charge in [-0.25, -0.2) is 0 Å². The van der Waals surface area contributed by atoms with Gasteiger partial charge in [0.1, 0.15) is 0 Å². The summed E-state index contributed by atoms with van der Waals surface area (Å²) in [7, 11) is 0. The van der Waals surface area contributed by atoms with Gasteiger partial charge in [-0.15, -0.1) is 0 Å². The topological polar surface area (TPSA) is 26.3 Å². The van der Waals surface area contributed by atoms with Gasteiger partial charge in [-0.2, -0.15) is 0 Å². The molecule has 2 aliphatic carbocycles. The van der Waals surface area contributed by atoms with Gasteiger partial charge in [0.15, 0.2) is 0 Å². The van der Waals surface area contributed by atoms with Gasteiger partial charge in [-0.1, -0.05) is 0 Å². The summed E-state index contributed by atoms with van der Waals surface area (Å²) in [4.78, 5) is 13.7. The second-order valence-electron chi connectivity index (χ2n) is 6.18. The molecule has 1 aliphatic heterocycles. The van der Waals surface area contributed by atoms with Gasteiger partial charge in [-0.05, 0) is 0 Å². The first-order valence-electron chi connectivity index (χ1n) is 5.99. The molecule has 2 nitrogen and oxygen atoms in total. The normalized spacial score (nSPS) is 48.7. The number of carbonyl (C=O) groups is 1. The van der Waals surface area contributed by atoms with Crippen molar-refractivity contribution in [2.24, 2.45) is 16.7 Å². The fourth-order valence-corrected chi connectivity index (χ4v) is 7.16. The number of hydrogen-bond acceptors (Lipinski definition) is 2. The zero-order chi connectivity index (χ0) is 11.6. The van der Waals surface area contributed by atoms with Crippen LogP contribution in [-0.4, -0.2) is 25.4 Å². The summed E-state index contributed by atoms with van der Waals surface area (Å²) in [6.07, 6.45) is 5.38. The molecule has 3 unspecified atom stereocenters. The maximum absolute atomic E-state index is 11.6. The molecule has 3 atom stereocenters. The predicted molar refractivity (Wildman–Crippen MR) is 62.9 cm³/mol. The minimum atomic E-state index is -0.179. The van der Waals surface area contributed by atoms with E-state index in [-0.39, 0.29) is 36.3 Å². The molecule has 88 valence electrons. The third-order valence-corrected chi connectivity index (χ3v) is 8.67. The van der Waals surface area contributed by atoms with Crippen molar-refractivity contribution in [3.05, 3.63) is 11.1 Å². The Morgan fingerprint density at radius 2 is 2.19 bits per heavy atom. The van der Waals surface area contributed by atoms with E-state index in [1.165, 1.54) is 19.3 Å². The summed E-state index contributed by atoms with van der Waals surface area (Å²) in [6.45, 7) is 6.93. The minimum absolute atomic E-state index is 0.130. The molecule has 0 radical (unpaired) electrons. The third-order valence-electron chi connectivity index (χ3n) is 5.09. The fourth-order valence-electron chi connectivity index (χ4n) is 4.14. The van der Waals surface area contributed by atoms with Gasteiger partial charge in [0, 0.05) is 0 Å². The zero-order valence-electron chi connectivity index (χ0n) is 10.1. The van der Waals surface area contributed by atoms with Crippen molar-refractivity contribution in [1.29, 1.82) is 0 Å². The Morgan fingerprint density at radius 3 is 2.75 bits per heavy atom. The zero-order valence-corrected chi connectivity index (χ0v) is 11.8. The second-order valence-corrected chi connectivity index (χ2v) is 8.45. The number of carbonyl (C=O) groups excluding carboxylic acids is 1. The summed E-state index contributed by atoms with van der Waals surface area (Å²) in [5.41, 5.74) is 0.377. The van der Waals surface area contributed by atoms with Crippen LogP contribution in [-0.2, 0) is 9.53 Å². The number of hydrogen-bond donors (Lipinski definition) is 0. The Labute approximate surface area is 103 Å². The first-order chi connectivity index (χ1) is 7.41. The standard InChI is InChI=1S/C13H18O2Se/c1-11(2)9-4-6-12(3,8-9)13(11)15-10(14)5-7-16-13/h5,7,9H,4,6,8H2,1-3H3. The molecule has 2 fully saturated rings. The molecule has 0 aromatic carbocycles. The van der Waals surface area contributed by atoms with Gasteiger partial charge in [0.25, 0.3) is 0 Å². The van der Waals surface area contributed by atoms with E-state index in [0.29, 0.717) is 0 Å². The van der Waals surface area contributed by atoms with Crippen LogP contribution in [0.1, 0.15) is 40.0 Å². The third kappa shape index (κ3) is 1.02. The van der Waals surface area contributed by atoms with Gasteiger partial charge in [0.05, 0.1) is 0 Å². The molecule has 0 aromatic heterocycles. The van der Waals surface area contributed by atoms with Gasteiger partial charge in [0.2, 0.25) is 0 Å². The Kier molecular flexibility index (Phi) is 2.00. The van der Waals surface area contributed by atoms with E-state index in [0.717, 1.165) is 5.92 Å². The molecular formula is C13H18O2Se. The number of ether oxygens (including phenoxy) is 1. The van der Waals surface area contributed by atoms with Crippen LogP contribution >= 0.6 is 0 Å². The number of fused-ring (bicyclic) bond motifs is 3. The van der Waals surface area contributed by atoms with E-state index in [2.05, 4.69) is 25.7 Å². The van der Waals surface area contributed by atoms with Crippen LogP contribution in [0.4, 0.5) is 0 Å². The molecule has 3 heteroatoms. The van der Waals surface area contributed by atoms with E-state index < -0.39 is 0 Å². The Bertz CT molecular complexity index is 381. The van der Waals surface area contributed by atoms with Crippen LogP contribution in [0.5, 0.6) is 0 Å². The van der Waals surface area contributed by atoms with E-state index in [9.17, 15) is 4.79 Å². The molecule has 0 amide bonds. The van der Waals surface area contributed by atoms with Crippen molar-refractivity contribution in [2.75, 3.05) is 0 Å². The van der Waals surface area contributed by atoms with E-state index in [1.807, 2.05) is 0 Å². The quantitative estimate of drug-likeness (QED) is 0.504. The molecule has 2 saturated carbocycles. The molecule has 0 N–H and O–H groups in total. The van der Waals surface area contributed by atoms with E-state index in [4.69, 9.17) is 4.74 Å². The Morgan fingerprint density at radius 1 is 1.44 bits per heavy atom. The summed E-state index contributed by atoms with van der Waals surface area (Å²) in [5, 5.41) is 0. The van der Waals surface area contributed by atoms with Crippen molar-refractivity contribution in [3.8, 4) is 0 Å². The average molecular weight is 285 g/mol. The van der Waals surface area contributed by atoms with Crippen LogP contribution in [0.2, 0.25) is 0 Å². The maximum atomic E-state index is 11.6. The van der Waals surface area contributed by atoms with Crippen LogP contribution in [0.25, 0.3) is 0 Å². The summed E-state index contributed by atoms with van der Waals surface area (Å²) >= 11 is 0.286. The molecule has 0 saturated heterocycles. The molecular weight excluding hydrogens is 267 g/mol. The summed E-state index contributed by atoms with van der Waals surface area (Å²) in [5.74, 6) is 0.605. The molecule has 2 bridgehead atoms. The van der Waals surface area contributed by atoms with Crippen molar-refractivity contribution in [2.45, 2.75) is 44.5 Å². The first kappa shape index (κ1) is 10.9. The first-order valence-corrected chi connectivity index (χ1v) is 7.83. The van der Waals surface area contributed by atoms with E-state index in [1.54, 1.807) is 6.08 Å². The van der Waals surface area contributed by atoms with Crippen molar-refractivity contribution < 1.29 is 9.53 Å². The van der Waals surface area contributed by atoms with E-state index >= 15 is 0 Å². The molecule has 1 spiro atoms. The van der Waals surface area contributed by atoms with Crippen molar-refractivity contribution in [1.82, 2.24) is 0 Å². The van der Waals surface area contributed by atoms with Gasteiger partial charge in [-0.3, -0.25) is 0 Å². The van der Waals surface area contributed by atoms with Crippen LogP contribution < -0.4 is 0 Å². The molecule has 16 heavy (non-hydrogen) atoms. The number of rotatable bonds is 0. The predicted octanol–water partition coefficient (Wildman–Crippen LogP) is 2.30. The molecule has 3 aliphatic rings. The van der Waals surface area contributed by atoms with Crippen molar-refractivity contribution >= 4 is 20.9 Å². The van der Waals surface area contributed by atoms with Gasteiger partial charge >= 0.3 is 103 Å². The van der Waals surface area contributed by atoms with Crippen LogP contribution in [0.3, 0.4) is 0 Å². The van der Waals surface area contributed by atoms with Gasteiger partial charge < -0.3 is 0 Å². The fraction of sp³-hybridized carbons (Fsp3) is 0.769. The summed E-state index contributed by atoms with van der Waals surface area (Å²) in [6, 6.07) is 0. The number of esters is 1. The monoisotopic (exact) mass is 286 g/mol.